The normalized spacial score (nSPS) is 10.9. The van der Waals surface area contributed by atoms with Crippen LogP contribution in [0.3, 0.4) is 0 Å². The first kappa shape index (κ1) is 9.91. The van der Waals surface area contributed by atoms with Crippen molar-refractivity contribution in [1.29, 1.82) is 0 Å². The molecule has 0 aromatic heterocycles. The Morgan fingerprint density at radius 3 is 2.82 bits per heavy atom. The molecule has 3 heteroatoms. The summed E-state index contributed by atoms with van der Waals surface area (Å²) >= 11 is 0. The third kappa shape index (κ3) is 4.33. The van der Waals surface area contributed by atoms with E-state index in [0.29, 0.717) is 12.0 Å². The average molecular weight is 156 g/mol. The van der Waals surface area contributed by atoms with E-state index in [1.54, 1.807) is 19.1 Å². The molecule has 0 fully saturated rings. The summed E-state index contributed by atoms with van der Waals surface area (Å²) in [5.41, 5.74) is 0.485. The molecule has 0 unspecified atom stereocenters. The maximum absolute atomic E-state index is 10.8. The number of carbonyl (C=O) groups excluding carboxylic acids is 1. The van der Waals surface area contributed by atoms with Crippen molar-refractivity contribution in [3.8, 4) is 0 Å². The van der Waals surface area contributed by atoms with E-state index in [1.165, 1.54) is 0 Å². The van der Waals surface area contributed by atoms with Crippen LogP contribution in [-0.2, 0) is 9.53 Å². The fourth-order valence-electron chi connectivity index (χ4n) is 0.516. The number of carbonyl (C=O) groups is 1. The average Bonchev–Trinajstić information content (AvgIpc) is 2.00. The van der Waals surface area contributed by atoms with Gasteiger partial charge >= 0.3 is 5.97 Å². The van der Waals surface area contributed by atoms with Gasteiger partial charge in [0.1, 0.15) is 0 Å². The van der Waals surface area contributed by atoms with Gasteiger partial charge in [0.25, 0.3) is 0 Å². The van der Waals surface area contributed by atoms with Crippen LogP contribution in [0.1, 0.15) is 13.3 Å². The van der Waals surface area contributed by atoms with Gasteiger partial charge in [-0.15, -0.1) is 6.58 Å². The monoisotopic (exact) mass is 156 g/mol. The summed E-state index contributed by atoms with van der Waals surface area (Å²) in [6, 6.07) is 0. The Labute approximate surface area is 66.0 Å². The van der Waals surface area contributed by atoms with Gasteiger partial charge in [-0.05, 0) is 13.3 Å². The lowest BCUT2D eigenvalue weighted by Crippen LogP contribution is -2.06. The molecular formula is C8H12O3. The molecule has 0 atom stereocenters. The molecule has 0 aromatic rings. The van der Waals surface area contributed by atoms with Gasteiger partial charge in [-0.1, -0.05) is 12.2 Å². The van der Waals surface area contributed by atoms with Gasteiger partial charge in [-0.25, -0.2) is 4.79 Å². The van der Waals surface area contributed by atoms with Crippen molar-refractivity contribution < 1.29 is 14.6 Å². The molecule has 1 N–H and O–H groups in total. The van der Waals surface area contributed by atoms with Gasteiger partial charge in [0.15, 0.2) is 6.79 Å². The predicted molar refractivity (Wildman–Crippen MR) is 41.7 cm³/mol. The Kier molecular flexibility index (Phi) is 5.11. The smallest absolute Gasteiger partial charge is 0.335 e. The number of esters is 1. The van der Waals surface area contributed by atoms with Gasteiger partial charge in [0.2, 0.25) is 0 Å². The predicted octanol–water partition coefficient (Wildman–Crippen LogP) is 1.00. The highest BCUT2D eigenvalue weighted by Crippen LogP contribution is 1.98. The quantitative estimate of drug-likeness (QED) is 0.286. The second-order valence-corrected chi connectivity index (χ2v) is 1.97. The first-order valence-corrected chi connectivity index (χ1v) is 3.28. The van der Waals surface area contributed by atoms with Crippen molar-refractivity contribution in [2.24, 2.45) is 0 Å². The molecule has 0 aliphatic rings. The lowest BCUT2D eigenvalue weighted by Gasteiger charge is -1.98. The summed E-state index contributed by atoms with van der Waals surface area (Å²) in [6.07, 6.45) is 3.99. The van der Waals surface area contributed by atoms with Crippen molar-refractivity contribution in [2.75, 3.05) is 6.79 Å². The van der Waals surface area contributed by atoms with Gasteiger partial charge in [0, 0.05) is 5.57 Å². The van der Waals surface area contributed by atoms with Crippen LogP contribution in [0.25, 0.3) is 0 Å². The number of allylic oxidation sites excluding steroid dienone is 2. The fourth-order valence-corrected chi connectivity index (χ4v) is 0.516. The molecule has 62 valence electrons. The van der Waals surface area contributed by atoms with Crippen LogP contribution in [0, 0.1) is 0 Å². The SMILES string of the molecule is C=CCC=C(C)C(=O)OCO. The van der Waals surface area contributed by atoms with E-state index in [4.69, 9.17) is 5.11 Å². The molecule has 3 nitrogen and oxygen atoms in total. The molecule has 0 heterocycles. The summed E-state index contributed by atoms with van der Waals surface area (Å²) in [5.74, 6) is -0.491. The second-order valence-electron chi connectivity index (χ2n) is 1.97. The number of aliphatic hydroxyl groups excluding tert-OH is 1. The van der Waals surface area contributed by atoms with Crippen molar-refractivity contribution in [1.82, 2.24) is 0 Å². The molecule has 0 bridgehead atoms. The Hall–Kier alpha value is -1.09. The Bertz CT molecular complexity index is 170. The van der Waals surface area contributed by atoms with Crippen LogP contribution in [0.5, 0.6) is 0 Å². The van der Waals surface area contributed by atoms with E-state index >= 15 is 0 Å². The Morgan fingerprint density at radius 1 is 1.73 bits per heavy atom. The lowest BCUT2D eigenvalue weighted by atomic mass is 10.2. The van der Waals surface area contributed by atoms with E-state index in [1.807, 2.05) is 0 Å². The fraction of sp³-hybridized carbons (Fsp3) is 0.375. The standard InChI is InChI=1S/C8H12O3/c1-3-4-5-7(2)8(10)11-6-9/h3,5,9H,1,4,6H2,2H3. The maximum atomic E-state index is 10.8. The maximum Gasteiger partial charge on any atom is 0.335 e. The van der Waals surface area contributed by atoms with Crippen molar-refractivity contribution in [3.05, 3.63) is 24.3 Å². The van der Waals surface area contributed by atoms with E-state index < -0.39 is 12.8 Å². The molecule has 11 heavy (non-hydrogen) atoms. The Balaban J connectivity index is 3.89. The largest absolute Gasteiger partial charge is 0.435 e. The minimum atomic E-state index is -0.571. The van der Waals surface area contributed by atoms with Crippen LogP contribution >= 0.6 is 0 Å². The highest BCUT2D eigenvalue weighted by molar-refractivity contribution is 5.87. The van der Waals surface area contributed by atoms with Crippen LogP contribution < -0.4 is 0 Å². The zero-order chi connectivity index (χ0) is 8.69. The van der Waals surface area contributed by atoms with Gasteiger partial charge in [-0.2, -0.15) is 0 Å². The Morgan fingerprint density at radius 2 is 2.36 bits per heavy atom. The highest BCUT2D eigenvalue weighted by atomic mass is 16.6. The van der Waals surface area contributed by atoms with E-state index in [2.05, 4.69) is 11.3 Å². The molecule has 0 spiro atoms. The first-order chi connectivity index (χ1) is 5.22. The molecule has 0 aliphatic heterocycles. The third-order valence-electron chi connectivity index (χ3n) is 1.11. The topological polar surface area (TPSA) is 46.5 Å². The number of aliphatic hydroxyl groups is 1. The number of hydrogen-bond donors (Lipinski definition) is 1. The zero-order valence-corrected chi connectivity index (χ0v) is 6.54. The highest BCUT2D eigenvalue weighted by Gasteiger charge is 2.02. The third-order valence-corrected chi connectivity index (χ3v) is 1.11. The van der Waals surface area contributed by atoms with Crippen LogP contribution in [0.2, 0.25) is 0 Å². The number of rotatable bonds is 4. The minimum Gasteiger partial charge on any atom is -0.435 e. The summed E-state index contributed by atoms with van der Waals surface area (Å²) < 4.78 is 4.31. The van der Waals surface area contributed by atoms with Crippen LogP contribution in [0.4, 0.5) is 0 Å². The minimum absolute atomic E-state index is 0.485. The van der Waals surface area contributed by atoms with Gasteiger partial charge in [0.05, 0.1) is 0 Å². The van der Waals surface area contributed by atoms with Gasteiger partial charge in [-0.3, -0.25) is 0 Å². The number of ether oxygens (including phenoxy) is 1. The van der Waals surface area contributed by atoms with E-state index in [9.17, 15) is 4.79 Å². The van der Waals surface area contributed by atoms with Crippen molar-refractivity contribution >= 4 is 5.97 Å². The van der Waals surface area contributed by atoms with Crippen LogP contribution in [0.15, 0.2) is 24.3 Å². The molecule has 0 aliphatic carbocycles. The first-order valence-electron chi connectivity index (χ1n) is 3.28. The molecular weight excluding hydrogens is 144 g/mol. The van der Waals surface area contributed by atoms with E-state index in [-0.39, 0.29) is 0 Å². The van der Waals surface area contributed by atoms with Crippen molar-refractivity contribution in [2.45, 2.75) is 13.3 Å². The summed E-state index contributed by atoms with van der Waals surface area (Å²) in [5, 5.41) is 8.22. The van der Waals surface area contributed by atoms with Crippen molar-refractivity contribution in [3.63, 3.8) is 0 Å². The summed E-state index contributed by atoms with van der Waals surface area (Å²) in [6.45, 7) is 4.55. The van der Waals surface area contributed by atoms with Crippen LogP contribution in [-0.4, -0.2) is 17.9 Å². The molecule has 0 rings (SSSR count). The molecule has 0 amide bonds. The van der Waals surface area contributed by atoms with E-state index in [0.717, 1.165) is 0 Å². The molecule has 0 saturated heterocycles. The zero-order valence-electron chi connectivity index (χ0n) is 6.54. The molecule has 0 aromatic carbocycles. The second kappa shape index (κ2) is 5.68. The molecule has 0 radical (unpaired) electrons. The van der Waals surface area contributed by atoms with Gasteiger partial charge < -0.3 is 9.84 Å². The number of hydrogen-bond acceptors (Lipinski definition) is 3. The summed E-state index contributed by atoms with van der Waals surface area (Å²) in [4.78, 5) is 10.8. The summed E-state index contributed by atoms with van der Waals surface area (Å²) in [7, 11) is 0. The molecule has 0 saturated carbocycles. The lowest BCUT2D eigenvalue weighted by molar-refractivity contribution is -0.146.